The van der Waals surface area contributed by atoms with Crippen LogP contribution >= 0.6 is 24.8 Å². The number of halogens is 2. The molecule has 3 N–H and O–H groups in total. The number of hydrogen-bond donors (Lipinski definition) is 2. The number of nitrogens with zero attached hydrogens (tertiary/aromatic N) is 3. The second kappa shape index (κ2) is 9.69. The Balaban J connectivity index is 0.00000182. The number of aryl methyl sites for hydroxylation is 1. The number of carbonyl (C=O) groups is 1. The minimum absolute atomic E-state index is 0. The monoisotopic (exact) mass is 409 g/mol. The lowest BCUT2D eigenvalue weighted by Gasteiger charge is -2.14. The van der Waals surface area contributed by atoms with Gasteiger partial charge in [-0.05, 0) is 29.5 Å². The smallest absolute Gasteiger partial charge is 0.256 e. The molecule has 6 nitrogen and oxygen atoms in total. The van der Waals surface area contributed by atoms with E-state index in [4.69, 9.17) is 5.73 Å². The van der Waals surface area contributed by atoms with E-state index in [0.29, 0.717) is 23.7 Å². The van der Waals surface area contributed by atoms with Crippen LogP contribution in [0.25, 0.3) is 5.65 Å². The zero-order valence-electron chi connectivity index (χ0n) is 15.5. The van der Waals surface area contributed by atoms with Crippen molar-refractivity contribution in [2.45, 2.75) is 32.7 Å². The number of fused-ring (bicyclic) bond motifs is 1. The van der Waals surface area contributed by atoms with Crippen molar-refractivity contribution in [1.82, 2.24) is 19.9 Å². The maximum Gasteiger partial charge on any atom is 0.256 e. The summed E-state index contributed by atoms with van der Waals surface area (Å²) in [5.41, 5.74) is 10.4. The van der Waals surface area contributed by atoms with Crippen LogP contribution in [0.1, 0.15) is 52.9 Å². The van der Waals surface area contributed by atoms with E-state index in [1.54, 1.807) is 10.7 Å². The number of nitrogens with one attached hydrogen (secondary N) is 1. The Labute approximate surface area is 171 Å². The first-order valence-electron chi connectivity index (χ1n) is 8.39. The van der Waals surface area contributed by atoms with E-state index in [9.17, 15) is 4.79 Å². The van der Waals surface area contributed by atoms with E-state index < -0.39 is 0 Å². The van der Waals surface area contributed by atoms with Crippen LogP contribution in [0, 0.1) is 6.92 Å². The third-order valence-electron chi connectivity index (χ3n) is 4.24. The minimum atomic E-state index is -0.262. The molecule has 0 aliphatic heterocycles. The molecule has 0 aliphatic rings. The van der Waals surface area contributed by atoms with Gasteiger partial charge < -0.3 is 11.1 Å². The predicted octanol–water partition coefficient (Wildman–Crippen LogP) is 3.43. The zero-order chi connectivity index (χ0) is 18.0. The molecule has 2 aromatic heterocycles. The van der Waals surface area contributed by atoms with Crippen molar-refractivity contribution in [3.05, 3.63) is 65.1 Å². The summed E-state index contributed by atoms with van der Waals surface area (Å²) in [7, 11) is 0. The fourth-order valence-electron chi connectivity index (χ4n) is 2.67. The first kappa shape index (κ1) is 22.9. The lowest BCUT2D eigenvalue weighted by molar-refractivity contribution is 0.0952. The summed E-state index contributed by atoms with van der Waals surface area (Å²) in [6.45, 7) is 6.59. The Hall–Kier alpha value is -2.15. The van der Waals surface area contributed by atoms with E-state index in [2.05, 4.69) is 41.4 Å². The Morgan fingerprint density at radius 1 is 1.15 bits per heavy atom. The lowest BCUT2D eigenvalue weighted by Crippen LogP contribution is -2.31. The van der Waals surface area contributed by atoms with Gasteiger partial charge in [0, 0.05) is 25.0 Å². The highest BCUT2D eigenvalue weighted by molar-refractivity contribution is 5.99. The van der Waals surface area contributed by atoms with E-state index in [-0.39, 0.29) is 36.8 Å². The highest BCUT2D eigenvalue weighted by atomic mass is 35.5. The minimum Gasteiger partial charge on any atom is -0.350 e. The summed E-state index contributed by atoms with van der Waals surface area (Å²) in [5.74, 6) is 0.261. The molecular weight excluding hydrogens is 385 g/mol. The van der Waals surface area contributed by atoms with Crippen LogP contribution in [-0.2, 0) is 0 Å². The van der Waals surface area contributed by atoms with Crippen LogP contribution in [-0.4, -0.2) is 27.0 Å². The summed E-state index contributed by atoms with van der Waals surface area (Å²) < 4.78 is 1.61. The Morgan fingerprint density at radius 3 is 2.41 bits per heavy atom. The molecule has 1 amide bonds. The molecule has 0 unspecified atom stereocenters. The average Bonchev–Trinajstić information content (AvgIpc) is 3.02. The van der Waals surface area contributed by atoms with Crippen LogP contribution in [0.15, 0.2) is 42.9 Å². The second-order valence-corrected chi connectivity index (χ2v) is 6.60. The number of rotatable bonds is 5. The Morgan fingerprint density at radius 2 is 1.78 bits per heavy atom. The van der Waals surface area contributed by atoms with E-state index in [1.807, 2.05) is 25.3 Å². The molecule has 0 saturated carbocycles. The summed E-state index contributed by atoms with van der Waals surface area (Å²) in [6.07, 6.45) is 5.08. The van der Waals surface area contributed by atoms with Gasteiger partial charge in [0.05, 0.1) is 6.20 Å². The van der Waals surface area contributed by atoms with Gasteiger partial charge in [0.2, 0.25) is 0 Å². The third kappa shape index (κ3) is 5.19. The van der Waals surface area contributed by atoms with Crippen molar-refractivity contribution in [3.8, 4) is 0 Å². The summed E-state index contributed by atoms with van der Waals surface area (Å²) in [4.78, 5) is 16.7. The average molecular weight is 410 g/mol. The number of benzene rings is 1. The van der Waals surface area contributed by atoms with Crippen molar-refractivity contribution in [1.29, 1.82) is 0 Å². The highest BCUT2D eigenvalue weighted by Crippen LogP contribution is 2.17. The fourth-order valence-corrected chi connectivity index (χ4v) is 2.67. The maximum absolute atomic E-state index is 12.4. The number of hydrogen-bond acceptors (Lipinski definition) is 4. The quantitative estimate of drug-likeness (QED) is 0.675. The molecule has 0 saturated heterocycles. The predicted molar refractivity (Wildman–Crippen MR) is 112 cm³/mol. The van der Waals surface area contributed by atoms with E-state index in [0.717, 1.165) is 11.1 Å². The standard InChI is InChI=1S/C19H23N5O.2ClH/c1-12(2)14-4-6-15(7-5-14)17(20)10-22-19(25)16-9-23-24-11-13(3)8-21-18(16)24;;/h4-9,11-12,17H,10,20H2,1-3H3,(H,22,25);2*1H/t17-;;/m0../s1. The summed E-state index contributed by atoms with van der Waals surface area (Å²) >= 11 is 0. The van der Waals surface area contributed by atoms with Gasteiger partial charge >= 0.3 is 0 Å². The van der Waals surface area contributed by atoms with Crippen molar-refractivity contribution in [3.63, 3.8) is 0 Å². The molecule has 146 valence electrons. The van der Waals surface area contributed by atoms with Gasteiger partial charge in [0.15, 0.2) is 5.65 Å². The number of amides is 1. The van der Waals surface area contributed by atoms with Crippen molar-refractivity contribution in [2.75, 3.05) is 6.54 Å². The molecule has 0 spiro atoms. The molecular formula is C19H25Cl2N5O. The van der Waals surface area contributed by atoms with Crippen molar-refractivity contribution < 1.29 is 4.79 Å². The first-order chi connectivity index (χ1) is 12.0. The molecule has 0 aliphatic carbocycles. The molecule has 8 heteroatoms. The van der Waals surface area contributed by atoms with Gasteiger partial charge in [-0.25, -0.2) is 9.50 Å². The molecule has 1 atom stereocenters. The van der Waals surface area contributed by atoms with Gasteiger partial charge in [0.25, 0.3) is 5.91 Å². The summed E-state index contributed by atoms with van der Waals surface area (Å²) in [6, 6.07) is 7.94. The number of carbonyl (C=O) groups excluding carboxylic acids is 1. The SMILES string of the molecule is Cc1cnc2c(C(=O)NC[C@H](N)c3ccc(C(C)C)cc3)cnn2c1.Cl.Cl. The molecule has 2 heterocycles. The van der Waals surface area contributed by atoms with Gasteiger partial charge in [-0.1, -0.05) is 38.1 Å². The van der Waals surface area contributed by atoms with Crippen LogP contribution in [0.2, 0.25) is 0 Å². The molecule has 0 fully saturated rings. The van der Waals surface area contributed by atoms with Gasteiger partial charge in [-0.2, -0.15) is 5.10 Å². The van der Waals surface area contributed by atoms with Crippen LogP contribution in [0.3, 0.4) is 0 Å². The molecule has 27 heavy (non-hydrogen) atoms. The fraction of sp³-hybridized carbons (Fsp3) is 0.316. The van der Waals surface area contributed by atoms with Crippen LogP contribution in [0.5, 0.6) is 0 Å². The highest BCUT2D eigenvalue weighted by Gasteiger charge is 2.15. The normalized spacial score (nSPS) is 11.6. The topological polar surface area (TPSA) is 85.3 Å². The van der Waals surface area contributed by atoms with Crippen LogP contribution in [0.4, 0.5) is 0 Å². The molecule has 0 radical (unpaired) electrons. The van der Waals surface area contributed by atoms with Crippen LogP contribution < -0.4 is 11.1 Å². The summed E-state index contributed by atoms with van der Waals surface area (Å²) in [5, 5.41) is 7.04. The molecule has 1 aromatic carbocycles. The molecule has 0 bridgehead atoms. The van der Waals surface area contributed by atoms with Gasteiger partial charge in [0.1, 0.15) is 5.56 Å². The van der Waals surface area contributed by atoms with E-state index in [1.165, 1.54) is 11.8 Å². The zero-order valence-corrected chi connectivity index (χ0v) is 17.2. The Bertz CT molecular complexity index is 893. The maximum atomic E-state index is 12.4. The second-order valence-electron chi connectivity index (χ2n) is 6.60. The van der Waals surface area contributed by atoms with Crippen molar-refractivity contribution >= 4 is 36.4 Å². The number of nitrogens with two attached hydrogens (primary N) is 1. The van der Waals surface area contributed by atoms with E-state index >= 15 is 0 Å². The largest absolute Gasteiger partial charge is 0.350 e. The third-order valence-corrected chi connectivity index (χ3v) is 4.24. The molecule has 3 aromatic rings. The van der Waals surface area contributed by atoms with Crippen molar-refractivity contribution in [2.24, 2.45) is 5.73 Å². The van der Waals surface area contributed by atoms with Gasteiger partial charge in [-0.3, -0.25) is 4.79 Å². The number of aromatic nitrogens is 3. The first-order valence-corrected chi connectivity index (χ1v) is 8.39. The van der Waals surface area contributed by atoms with Gasteiger partial charge in [-0.15, -0.1) is 24.8 Å². The Kier molecular flexibility index (Phi) is 8.21. The lowest BCUT2D eigenvalue weighted by atomic mass is 9.99. The molecule has 3 rings (SSSR count).